The van der Waals surface area contributed by atoms with Gasteiger partial charge in [-0.05, 0) is 87.8 Å². The smallest absolute Gasteiger partial charge is 0.252 e. The summed E-state index contributed by atoms with van der Waals surface area (Å²) < 4.78 is 11.3. The molecular formula is C34H36N6O4. The summed E-state index contributed by atoms with van der Waals surface area (Å²) in [6.45, 7) is 2.81. The first-order valence-corrected chi connectivity index (χ1v) is 16.0. The molecule has 8 rings (SSSR count). The number of fused-ring (bicyclic) bond motifs is 2. The van der Waals surface area contributed by atoms with E-state index in [9.17, 15) is 9.59 Å². The Hall–Kier alpha value is -4.20. The molecule has 226 valence electrons. The van der Waals surface area contributed by atoms with Crippen LogP contribution in [-0.4, -0.2) is 80.1 Å². The molecule has 2 aromatic carbocycles. The van der Waals surface area contributed by atoms with Crippen LogP contribution in [0.3, 0.4) is 0 Å². The first-order chi connectivity index (χ1) is 21.6. The van der Waals surface area contributed by atoms with Crippen LogP contribution < -0.4 is 0 Å². The second kappa shape index (κ2) is 11.4. The standard InChI is InChI=1S/C34H36N6O4/c41-33(29-7-3-17-43-29)39-15-1-5-27(39)31-35-23-13-11-21(19-25(23)37-31)9-10-22-12-14-24-26(20-22)38-32(36-24)28-6-2-16-40(28)34(42)30-8-4-18-44-30/h11-14,19-20,27-30H,1-8,15-18H2,(H,35,37)(H,36,38)/t27-,28?,29+,30+/m0/s1. The van der Waals surface area contributed by atoms with Gasteiger partial charge in [0.25, 0.3) is 11.8 Å². The molecule has 10 heteroatoms. The quantitative estimate of drug-likeness (QED) is 0.337. The summed E-state index contributed by atoms with van der Waals surface area (Å²) >= 11 is 0. The van der Waals surface area contributed by atoms with Crippen LogP contribution in [0.2, 0.25) is 0 Å². The minimum absolute atomic E-state index is 0.0508. The average Bonchev–Trinajstić information content (AvgIpc) is 3.89. The number of likely N-dealkylation sites (tertiary alicyclic amines) is 2. The van der Waals surface area contributed by atoms with Gasteiger partial charge in [0.05, 0.1) is 34.2 Å². The van der Waals surface area contributed by atoms with E-state index in [1.54, 1.807) is 0 Å². The molecule has 0 bridgehead atoms. The van der Waals surface area contributed by atoms with Crippen molar-refractivity contribution in [3.05, 3.63) is 59.2 Å². The number of nitrogens with one attached hydrogen (secondary N) is 2. The molecule has 4 aromatic rings. The molecule has 4 fully saturated rings. The molecule has 0 saturated carbocycles. The van der Waals surface area contributed by atoms with Crippen molar-refractivity contribution in [2.45, 2.75) is 75.7 Å². The van der Waals surface area contributed by atoms with Crippen molar-refractivity contribution in [3.63, 3.8) is 0 Å². The van der Waals surface area contributed by atoms with Gasteiger partial charge in [0.15, 0.2) is 0 Å². The molecule has 4 aliphatic heterocycles. The molecule has 0 spiro atoms. The fourth-order valence-corrected chi connectivity index (χ4v) is 7.22. The van der Waals surface area contributed by atoms with Crippen molar-refractivity contribution in [1.29, 1.82) is 0 Å². The summed E-state index contributed by atoms with van der Waals surface area (Å²) in [6.07, 6.45) is 6.58. The maximum atomic E-state index is 13.1. The van der Waals surface area contributed by atoms with Crippen LogP contribution in [0.25, 0.3) is 22.1 Å². The van der Waals surface area contributed by atoms with E-state index in [0.717, 1.165) is 109 Å². The maximum absolute atomic E-state index is 13.1. The zero-order chi connectivity index (χ0) is 29.6. The van der Waals surface area contributed by atoms with E-state index in [-0.39, 0.29) is 36.1 Å². The second-order valence-electron chi connectivity index (χ2n) is 12.3. The lowest BCUT2D eigenvalue weighted by atomic mass is 10.1. The lowest BCUT2D eigenvalue weighted by molar-refractivity contribution is -0.142. The Balaban J connectivity index is 0.994. The van der Waals surface area contributed by atoms with Crippen molar-refractivity contribution in [1.82, 2.24) is 29.7 Å². The fraction of sp³-hybridized carbons (Fsp3) is 0.471. The highest BCUT2D eigenvalue weighted by atomic mass is 16.5. The number of carbonyl (C=O) groups is 2. The Kier molecular flexibility index (Phi) is 7.07. The lowest BCUT2D eigenvalue weighted by Crippen LogP contribution is -2.38. The molecule has 2 N–H and O–H groups in total. The van der Waals surface area contributed by atoms with Crippen LogP contribution in [0.1, 0.15) is 86.2 Å². The van der Waals surface area contributed by atoms with Gasteiger partial charge >= 0.3 is 0 Å². The zero-order valence-electron chi connectivity index (χ0n) is 24.7. The molecule has 1 unspecified atom stereocenters. The number of carbonyl (C=O) groups excluding carboxylic acids is 2. The Morgan fingerprint density at radius 1 is 0.682 bits per heavy atom. The molecule has 6 heterocycles. The summed E-state index contributed by atoms with van der Waals surface area (Å²) in [7, 11) is 0. The fourth-order valence-electron chi connectivity index (χ4n) is 7.22. The Morgan fingerprint density at radius 2 is 1.16 bits per heavy atom. The van der Waals surface area contributed by atoms with Gasteiger partial charge in [0, 0.05) is 37.4 Å². The predicted molar refractivity (Wildman–Crippen MR) is 163 cm³/mol. The van der Waals surface area contributed by atoms with Gasteiger partial charge in [-0.3, -0.25) is 9.59 Å². The zero-order valence-corrected chi connectivity index (χ0v) is 24.7. The van der Waals surface area contributed by atoms with E-state index >= 15 is 0 Å². The van der Waals surface area contributed by atoms with Gasteiger partial charge in [-0.1, -0.05) is 11.8 Å². The number of amides is 2. The number of H-pyrrole nitrogens is 2. The normalized spacial score (nSPS) is 25.3. The Morgan fingerprint density at radius 3 is 1.59 bits per heavy atom. The summed E-state index contributed by atoms with van der Waals surface area (Å²) in [6, 6.07) is 11.9. The summed E-state index contributed by atoms with van der Waals surface area (Å²) in [4.78, 5) is 46.7. The van der Waals surface area contributed by atoms with E-state index < -0.39 is 0 Å². The number of hydrogen-bond acceptors (Lipinski definition) is 6. The summed E-state index contributed by atoms with van der Waals surface area (Å²) in [5, 5.41) is 0. The molecule has 0 aliphatic carbocycles. The number of nitrogens with zero attached hydrogens (tertiary/aromatic N) is 4. The maximum Gasteiger partial charge on any atom is 0.252 e. The van der Waals surface area contributed by atoms with Gasteiger partial charge in [-0.25, -0.2) is 9.97 Å². The highest BCUT2D eigenvalue weighted by molar-refractivity contribution is 5.83. The molecule has 4 aliphatic rings. The number of ether oxygens (including phenoxy) is 2. The van der Waals surface area contributed by atoms with Crippen LogP contribution in [0.4, 0.5) is 0 Å². The van der Waals surface area contributed by atoms with E-state index in [4.69, 9.17) is 19.4 Å². The van der Waals surface area contributed by atoms with E-state index in [1.165, 1.54) is 0 Å². The number of aromatic nitrogens is 4. The summed E-state index contributed by atoms with van der Waals surface area (Å²) in [5.41, 5.74) is 5.32. The first kappa shape index (κ1) is 27.4. The van der Waals surface area contributed by atoms with Crippen molar-refractivity contribution < 1.29 is 19.1 Å². The van der Waals surface area contributed by atoms with Gasteiger partial charge in [-0.2, -0.15) is 0 Å². The first-order valence-electron chi connectivity index (χ1n) is 16.0. The van der Waals surface area contributed by atoms with Crippen LogP contribution in [0, 0.1) is 11.8 Å². The third kappa shape index (κ3) is 5.04. The lowest BCUT2D eigenvalue weighted by Gasteiger charge is -2.25. The highest BCUT2D eigenvalue weighted by Crippen LogP contribution is 2.35. The van der Waals surface area contributed by atoms with Crippen LogP contribution in [0.5, 0.6) is 0 Å². The van der Waals surface area contributed by atoms with Crippen molar-refractivity contribution >= 4 is 33.9 Å². The van der Waals surface area contributed by atoms with Crippen LogP contribution >= 0.6 is 0 Å². The minimum atomic E-state index is -0.312. The molecular weight excluding hydrogens is 556 g/mol. The third-order valence-corrected chi connectivity index (χ3v) is 9.46. The minimum Gasteiger partial charge on any atom is -0.368 e. The highest BCUT2D eigenvalue weighted by Gasteiger charge is 2.38. The number of rotatable bonds is 4. The largest absolute Gasteiger partial charge is 0.368 e. The van der Waals surface area contributed by atoms with Crippen molar-refractivity contribution in [3.8, 4) is 11.8 Å². The molecule has 10 nitrogen and oxygen atoms in total. The molecule has 0 radical (unpaired) electrons. The molecule has 4 atom stereocenters. The monoisotopic (exact) mass is 592 g/mol. The van der Waals surface area contributed by atoms with E-state index in [0.29, 0.717) is 13.2 Å². The molecule has 4 saturated heterocycles. The Labute approximate surface area is 255 Å². The van der Waals surface area contributed by atoms with Crippen molar-refractivity contribution in [2.75, 3.05) is 26.3 Å². The SMILES string of the molecule is O=C([C@H]1CCCO1)N1CCCC1c1nc2ccc(C#Cc3ccc4nc([C@@H]5CCCN5C(=O)[C@H]5CCCO5)[nH]c4c3)cc2[nH]1. The number of aromatic amines is 2. The number of imidazole rings is 2. The number of hydrogen-bond donors (Lipinski definition) is 2. The third-order valence-electron chi connectivity index (χ3n) is 9.46. The predicted octanol–water partition coefficient (Wildman–Crippen LogP) is 4.52. The average molecular weight is 593 g/mol. The number of benzene rings is 2. The van der Waals surface area contributed by atoms with Crippen molar-refractivity contribution in [2.24, 2.45) is 0 Å². The second-order valence-corrected chi connectivity index (χ2v) is 12.3. The molecule has 44 heavy (non-hydrogen) atoms. The topological polar surface area (TPSA) is 116 Å². The van der Waals surface area contributed by atoms with Gasteiger partial charge in [0.1, 0.15) is 23.9 Å². The van der Waals surface area contributed by atoms with E-state index in [1.807, 2.05) is 46.2 Å². The van der Waals surface area contributed by atoms with Crippen LogP contribution in [-0.2, 0) is 19.1 Å². The van der Waals surface area contributed by atoms with Crippen LogP contribution in [0.15, 0.2) is 36.4 Å². The van der Waals surface area contributed by atoms with E-state index in [2.05, 4.69) is 21.8 Å². The van der Waals surface area contributed by atoms with Gasteiger partial charge < -0.3 is 29.2 Å². The van der Waals surface area contributed by atoms with Gasteiger partial charge in [0.2, 0.25) is 0 Å². The van der Waals surface area contributed by atoms with Gasteiger partial charge in [-0.15, -0.1) is 0 Å². The summed E-state index contributed by atoms with van der Waals surface area (Å²) in [5.74, 6) is 8.42. The molecule has 2 aromatic heterocycles. The Bertz CT molecular complexity index is 1660. The molecule has 2 amide bonds.